The highest BCUT2D eigenvalue weighted by Gasteiger charge is 2.24. The second-order valence-electron chi connectivity index (χ2n) is 3.67. The largest absolute Gasteiger partial charge is 0.293 e. The summed E-state index contributed by atoms with van der Waals surface area (Å²) in [5, 5.41) is 0. The van der Waals surface area contributed by atoms with Gasteiger partial charge in [-0.2, -0.15) is 0 Å². The number of carbonyl (C=O) groups is 1. The highest BCUT2D eigenvalue weighted by molar-refractivity contribution is 8.00. The molecule has 0 radical (unpaired) electrons. The Morgan fingerprint density at radius 2 is 2.14 bits per heavy atom. The van der Waals surface area contributed by atoms with Crippen molar-refractivity contribution in [3.05, 3.63) is 17.0 Å². The van der Waals surface area contributed by atoms with Gasteiger partial charge in [0, 0.05) is 5.92 Å². The van der Waals surface area contributed by atoms with Gasteiger partial charge in [0.25, 0.3) is 0 Å². The molecule has 3 heteroatoms. The van der Waals surface area contributed by atoms with Gasteiger partial charge in [0.05, 0.1) is 9.09 Å². The quantitative estimate of drug-likeness (QED) is 0.575. The summed E-state index contributed by atoms with van der Waals surface area (Å²) < 4.78 is 1.24. The van der Waals surface area contributed by atoms with Crippen LogP contribution in [0.1, 0.15) is 35.4 Å². The van der Waals surface area contributed by atoms with E-state index >= 15 is 0 Å². The Morgan fingerprint density at radius 1 is 1.43 bits per heavy atom. The molecule has 1 aromatic rings. The van der Waals surface area contributed by atoms with E-state index < -0.39 is 0 Å². The Hall–Kier alpha value is -0.280. The van der Waals surface area contributed by atoms with Gasteiger partial charge in [-0.15, -0.1) is 23.1 Å². The molecule has 0 aromatic carbocycles. The van der Waals surface area contributed by atoms with Crippen LogP contribution in [0.4, 0.5) is 0 Å². The smallest absolute Gasteiger partial charge is 0.175 e. The van der Waals surface area contributed by atoms with Gasteiger partial charge in [-0.05, 0) is 31.2 Å². The van der Waals surface area contributed by atoms with Gasteiger partial charge in [0.15, 0.2) is 5.78 Å². The van der Waals surface area contributed by atoms with Crippen LogP contribution in [0.25, 0.3) is 0 Å². The van der Waals surface area contributed by atoms with Gasteiger partial charge in [-0.3, -0.25) is 4.79 Å². The van der Waals surface area contributed by atoms with E-state index in [-0.39, 0.29) is 0 Å². The van der Waals surface area contributed by atoms with Crippen molar-refractivity contribution in [1.29, 1.82) is 0 Å². The van der Waals surface area contributed by atoms with Crippen molar-refractivity contribution < 1.29 is 4.79 Å². The van der Waals surface area contributed by atoms with E-state index in [2.05, 4.69) is 12.3 Å². The second-order valence-corrected chi connectivity index (χ2v) is 5.86. The SMILES string of the molecule is CSc1ccc(C(=O)C2CCCC2)s1. The first-order valence-corrected chi connectivity index (χ1v) is 7.03. The Morgan fingerprint density at radius 3 is 2.71 bits per heavy atom. The van der Waals surface area contributed by atoms with Crippen LogP contribution in [0.3, 0.4) is 0 Å². The van der Waals surface area contributed by atoms with Crippen molar-refractivity contribution >= 4 is 28.9 Å². The van der Waals surface area contributed by atoms with E-state index in [4.69, 9.17) is 0 Å². The Labute approximate surface area is 92.9 Å². The first-order chi connectivity index (χ1) is 6.81. The minimum absolute atomic E-state index is 0.323. The summed E-state index contributed by atoms with van der Waals surface area (Å²) in [7, 11) is 0. The zero-order valence-electron chi connectivity index (χ0n) is 8.29. The molecule has 0 N–H and O–H groups in total. The first kappa shape index (κ1) is 10.2. The van der Waals surface area contributed by atoms with Crippen LogP contribution in [-0.2, 0) is 0 Å². The van der Waals surface area contributed by atoms with E-state index in [0.717, 1.165) is 17.7 Å². The normalized spacial score (nSPS) is 17.5. The number of thioether (sulfide) groups is 1. The topological polar surface area (TPSA) is 17.1 Å². The Bertz CT molecular complexity index is 324. The highest BCUT2D eigenvalue weighted by atomic mass is 32.2. The van der Waals surface area contributed by atoms with E-state index in [1.807, 2.05) is 6.07 Å². The van der Waals surface area contributed by atoms with Crippen molar-refractivity contribution in [2.75, 3.05) is 6.26 Å². The maximum Gasteiger partial charge on any atom is 0.175 e. The fourth-order valence-corrected chi connectivity index (χ4v) is 3.51. The number of thiophene rings is 1. The van der Waals surface area contributed by atoms with Crippen LogP contribution in [0.15, 0.2) is 16.3 Å². The lowest BCUT2D eigenvalue weighted by molar-refractivity contribution is 0.0927. The van der Waals surface area contributed by atoms with Crippen molar-refractivity contribution in [1.82, 2.24) is 0 Å². The fourth-order valence-electron chi connectivity index (χ4n) is 1.95. The lowest BCUT2D eigenvalue weighted by Crippen LogP contribution is -2.08. The predicted molar refractivity (Wildman–Crippen MR) is 62.4 cm³/mol. The minimum Gasteiger partial charge on any atom is -0.293 e. The molecular weight excluding hydrogens is 212 g/mol. The molecule has 14 heavy (non-hydrogen) atoms. The standard InChI is InChI=1S/C11H14OS2/c1-13-10-7-6-9(14-10)11(12)8-4-2-3-5-8/h6-8H,2-5H2,1H3. The van der Waals surface area contributed by atoms with Gasteiger partial charge in [-0.25, -0.2) is 0 Å². The van der Waals surface area contributed by atoms with Gasteiger partial charge in [-0.1, -0.05) is 12.8 Å². The third-order valence-corrected chi connectivity index (χ3v) is 4.93. The van der Waals surface area contributed by atoms with Gasteiger partial charge in [0.2, 0.25) is 0 Å². The summed E-state index contributed by atoms with van der Waals surface area (Å²) in [6, 6.07) is 4.04. The molecule has 1 aromatic heterocycles. The number of hydrogen-bond donors (Lipinski definition) is 0. The van der Waals surface area contributed by atoms with Crippen molar-refractivity contribution in [3.8, 4) is 0 Å². The molecule has 1 saturated carbocycles. The van der Waals surface area contributed by atoms with Gasteiger partial charge >= 0.3 is 0 Å². The van der Waals surface area contributed by atoms with Crippen molar-refractivity contribution in [3.63, 3.8) is 0 Å². The molecule has 1 aliphatic rings. The molecule has 1 aliphatic carbocycles. The summed E-state index contributed by atoms with van der Waals surface area (Å²) in [6.07, 6.45) is 6.72. The monoisotopic (exact) mass is 226 g/mol. The van der Waals surface area contributed by atoms with Gasteiger partial charge in [0.1, 0.15) is 0 Å². The minimum atomic E-state index is 0.323. The van der Waals surface area contributed by atoms with Crippen molar-refractivity contribution in [2.45, 2.75) is 29.9 Å². The predicted octanol–water partition coefficient (Wildman–Crippen LogP) is 3.84. The van der Waals surface area contributed by atoms with Gasteiger partial charge < -0.3 is 0 Å². The molecule has 0 aliphatic heterocycles. The third kappa shape index (κ3) is 2.04. The Balaban J connectivity index is 2.09. The molecule has 2 rings (SSSR count). The zero-order chi connectivity index (χ0) is 9.97. The molecule has 1 nitrogen and oxygen atoms in total. The van der Waals surface area contributed by atoms with Crippen LogP contribution in [-0.4, -0.2) is 12.0 Å². The number of carbonyl (C=O) groups excluding carboxylic acids is 1. The molecule has 0 atom stereocenters. The fraction of sp³-hybridized carbons (Fsp3) is 0.545. The summed E-state index contributed by atoms with van der Waals surface area (Å²) in [5.74, 6) is 0.705. The zero-order valence-corrected chi connectivity index (χ0v) is 9.92. The van der Waals surface area contributed by atoms with Crippen LogP contribution in [0, 0.1) is 5.92 Å². The average Bonchev–Trinajstić information content (AvgIpc) is 2.88. The summed E-state index contributed by atoms with van der Waals surface area (Å²) in [6.45, 7) is 0. The molecule has 0 amide bonds. The average molecular weight is 226 g/mol. The van der Waals surface area contributed by atoms with E-state index in [1.54, 1.807) is 23.1 Å². The summed E-state index contributed by atoms with van der Waals surface area (Å²) in [5.41, 5.74) is 0. The number of rotatable bonds is 3. The van der Waals surface area contributed by atoms with Crippen LogP contribution < -0.4 is 0 Å². The number of hydrogen-bond acceptors (Lipinski definition) is 3. The lowest BCUT2D eigenvalue weighted by atomic mass is 10.0. The maximum absolute atomic E-state index is 12.0. The summed E-state index contributed by atoms with van der Waals surface area (Å²) >= 11 is 3.36. The van der Waals surface area contributed by atoms with E-state index in [1.165, 1.54) is 17.1 Å². The molecule has 0 saturated heterocycles. The second kappa shape index (κ2) is 4.49. The van der Waals surface area contributed by atoms with Crippen LogP contribution in [0.5, 0.6) is 0 Å². The molecule has 0 spiro atoms. The maximum atomic E-state index is 12.0. The third-order valence-electron chi connectivity index (χ3n) is 2.75. The van der Waals surface area contributed by atoms with E-state index in [0.29, 0.717) is 11.7 Å². The lowest BCUT2D eigenvalue weighted by Gasteiger charge is -2.04. The Kier molecular flexibility index (Phi) is 3.29. The first-order valence-electron chi connectivity index (χ1n) is 4.99. The number of Topliss-reactive ketones (excluding diaryl/α,β-unsaturated/α-hetero) is 1. The van der Waals surface area contributed by atoms with Crippen LogP contribution in [0.2, 0.25) is 0 Å². The molecule has 1 heterocycles. The summed E-state index contributed by atoms with van der Waals surface area (Å²) in [4.78, 5) is 12.9. The van der Waals surface area contributed by atoms with Crippen LogP contribution >= 0.6 is 23.1 Å². The molecule has 0 bridgehead atoms. The molecular formula is C11H14OS2. The molecule has 76 valence electrons. The molecule has 1 fully saturated rings. The number of ketones is 1. The van der Waals surface area contributed by atoms with E-state index in [9.17, 15) is 4.79 Å². The highest BCUT2D eigenvalue weighted by Crippen LogP contribution is 2.32. The van der Waals surface area contributed by atoms with Crippen molar-refractivity contribution in [2.24, 2.45) is 5.92 Å². The molecule has 0 unspecified atom stereocenters.